The van der Waals surface area contributed by atoms with Crippen LogP contribution in [0.25, 0.3) is 0 Å². The van der Waals surface area contributed by atoms with Crippen LogP contribution in [0.5, 0.6) is 0 Å². The van der Waals surface area contributed by atoms with Crippen molar-refractivity contribution >= 4 is 33.2 Å². The Morgan fingerprint density at radius 3 is 2.88 bits per heavy atom. The Bertz CT molecular complexity index is 403. The monoisotopic (exact) mass is 262 g/mol. The quantitative estimate of drug-likeness (QED) is 0.803. The van der Waals surface area contributed by atoms with E-state index >= 15 is 0 Å². The second-order valence-electron chi connectivity index (χ2n) is 3.12. The van der Waals surface area contributed by atoms with Crippen molar-refractivity contribution in [2.75, 3.05) is 31.0 Å². The molecule has 0 aliphatic carbocycles. The number of rotatable bonds is 5. The first-order valence-corrected chi connectivity index (χ1v) is 7.18. The second kappa shape index (κ2) is 5.95. The maximum Gasteiger partial charge on any atom is 0.357 e. The molecule has 0 spiro atoms. The SMILES string of the molecule is COC(=O)c1nc(NCCS(C)=O)sc1C. The predicted octanol–water partition coefficient (Wildman–Crippen LogP) is 1.03. The minimum Gasteiger partial charge on any atom is -0.464 e. The molecule has 0 aromatic carbocycles. The Kier molecular flexibility index (Phi) is 4.88. The maximum absolute atomic E-state index is 11.3. The highest BCUT2D eigenvalue weighted by molar-refractivity contribution is 7.84. The molecule has 0 saturated heterocycles. The third-order valence-electron chi connectivity index (χ3n) is 1.84. The highest BCUT2D eigenvalue weighted by Crippen LogP contribution is 2.22. The van der Waals surface area contributed by atoms with E-state index in [-0.39, 0.29) is 0 Å². The van der Waals surface area contributed by atoms with Crippen molar-refractivity contribution in [3.63, 3.8) is 0 Å². The van der Waals surface area contributed by atoms with Crippen LogP contribution in [-0.2, 0) is 15.5 Å². The minimum atomic E-state index is -0.825. The highest BCUT2D eigenvalue weighted by Gasteiger charge is 2.15. The number of esters is 1. The standard InChI is InChI=1S/C9H14N2O3S2/c1-6-7(8(12)14-2)11-9(15-6)10-4-5-16(3)13/h4-5H2,1-3H3,(H,10,11). The molecule has 0 bridgehead atoms. The molecule has 1 aromatic heterocycles. The summed E-state index contributed by atoms with van der Waals surface area (Å²) in [5.74, 6) is 0.132. The van der Waals surface area contributed by atoms with E-state index in [9.17, 15) is 9.00 Å². The van der Waals surface area contributed by atoms with Crippen LogP contribution in [-0.4, -0.2) is 40.8 Å². The van der Waals surface area contributed by atoms with Crippen molar-refractivity contribution in [3.05, 3.63) is 10.6 Å². The third-order valence-corrected chi connectivity index (χ3v) is 3.55. The molecule has 0 radical (unpaired) electrons. The van der Waals surface area contributed by atoms with Gasteiger partial charge in [-0.15, -0.1) is 11.3 Å². The summed E-state index contributed by atoms with van der Waals surface area (Å²) in [6, 6.07) is 0. The molecule has 0 aliphatic rings. The molecular weight excluding hydrogens is 248 g/mol. The molecule has 1 aromatic rings. The van der Waals surface area contributed by atoms with Gasteiger partial charge >= 0.3 is 5.97 Å². The second-order valence-corrected chi connectivity index (χ2v) is 5.88. The zero-order chi connectivity index (χ0) is 12.1. The van der Waals surface area contributed by atoms with Gasteiger partial charge < -0.3 is 10.1 Å². The minimum absolute atomic E-state index is 0.340. The molecule has 1 atom stereocenters. The van der Waals surface area contributed by atoms with Crippen LogP contribution in [0.15, 0.2) is 0 Å². The van der Waals surface area contributed by atoms with Gasteiger partial charge in [-0.05, 0) is 6.92 Å². The van der Waals surface area contributed by atoms with Crippen molar-refractivity contribution < 1.29 is 13.7 Å². The average Bonchev–Trinajstić information content (AvgIpc) is 2.58. The van der Waals surface area contributed by atoms with Gasteiger partial charge in [-0.3, -0.25) is 4.21 Å². The van der Waals surface area contributed by atoms with Crippen LogP contribution < -0.4 is 5.32 Å². The summed E-state index contributed by atoms with van der Waals surface area (Å²) in [5.41, 5.74) is 0.340. The van der Waals surface area contributed by atoms with Crippen molar-refractivity contribution in [1.29, 1.82) is 0 Å². The normalized spacial score (nSPS) is 12.2. The molecule has 7 heteroatoms. The number of hydrogen-bond donors (Lipinski definition) is 1. The Labute approximate surface area is 101 Å². The highest BCUT2D eigenvalue weighted by atomic mass is 32.2. The summed E-state index contributed by atoms with van der Waals surface area (Å²) in [6.45, 7) is 2.39. The molecule has 5 nitrogen and oxygen atoms in total. The lowest BCUT2D eigenvalue weighted by Crippen LogP contribution is -2.10. The molecule has 1 rings (SSSR count). The van der Waals surface area contributed by atoms with Crippen LogP contribution in [0.4, 0.5) is 5.13 Å². The number of aromatic nitrogens is 1. The molecule has 90 valence electrons. The van der Waals surface area contributed by atoms with E-state index in [1.165, 1.54) is 18.4 Å². The first kappa shape index (κ1) is 13.1. The molecule has 1 heterocycles. The third kappa shape index (κ3) is 3.57. The van der Waals surface area contributed by atoms with E-state index in [4.69, 9.17) is 0 Å². The number of methoxy groups -OCH3 is 1. The van der Waals surface area contributed by atoms with E-state index < -0.39 is 16.8 Å². The van der Waals surface area contributed by atoms with Gasteiger partial charge in [0, 0.05) is 34.2 Å². The predicted molar refractivity (Wildman–Crippen MR) is 65.6 cm³/mol. The summed E-state index contributed by atoms with van der Waals surface area (Å²) >= 11 is 1.39. The van der Waals surface area contributed by atoms with Crippen LogP contribution >= 0.6 is 11.3 Å². The molecule has 1 N–H and O–H groups in total. The molecule has 0 amide bonds. The van der Waals surface area contributed by atoms with Gasteiger partial charge in [-0.2, -0.15) is 0 Å². The lowest BCUT2D eigenvalue weighted by Gasteiger charge is -1.99. The Balaban J connectivity index is 2.62. The van der Waals surface area contributed by atoms with Gasteiger partial charge in [0.15, 0.2) is 10.8 Å². The smallest absolute Gasteiger partial charge is 0.357 e. The van der Waals surface area contributed by atoms with Gasteiger partial charge in [-0.25, -0.2) is 9.78 Å². The Morgan fingerprint density at radius 2 is 2.31 bits per heavy atom. The van der Waals surface area contributed by atoms with E-state index in [1.807, 2.05) is 6.92 Å². The lowest BCUT2D eigenvalue weighted by atomic mass is 10.4. The van der Waals surface area contributed by atoms with E-state index in [0.717, 1.165) is 4.88 Å². The van der Waals surface area contributed by atoms with Crippen LogP contribution in [0.2, 0.25) is 0 Å². The van der Waals surface area contributed by atoms with E-state index in [2.05, 4.69) is 15.0 Å². The number of aryl methyl sites for hydroxylation is 1. The van der Waals surface area contributed by atoms with Gasteiger partial charge in [0.2, 0.25) is 0 Å². The fourth-order valence-corrected chi connectivity index (χ4v) is 2.28. The number of carbonyl (C=O) groups is 1. The maximum atomic E-state index is 11.3. The Hall–Kier alpha value is -0.950. The lowest BCUT2D eigenvalue weighted by molar-refractivity contribution is 0.0594. The molecule has 1 unspecified atom stereocenters. The molecule has 0 fully saturated rings. The van der Waals surface area contributed by atoms with Gasteiger partial charge in [-0.1, -0.05) is 0 Å². The zero-order valence-electron chi connectivity index (χ0n) is 9.40. The summed E-state index contributed by atoms with van der Waals surface area (Å²) in [6.07, 6.45) is 1.65. The summed E-state index contributed by atoms with van der Waals surface area (Å²) in [4.78, 5) is 16.2. The van der Waals surface area contributed by atoms with E-state index in [0.29, 0.717) is 23.1 Å². The first-order chi connectivity index (χ1) is 7.54. The number of hydrogen-bond acceptors (Lipinski definition) is 6. The largest absolute Gasteiger partial charge is 0.464 e. The zero-order valence-corrected chi connectivity index (χ0v) is 11.0. The van der Waals surface area contributed by atoms with Crippen molar-refractivity contribution in [1.82, 2.24) is 4.98 Å². The number of thiazole rings is 1. The van der Waals surface area contributed by atoms with Crippen molar-refractivity contribution in [3.8, 4) is 0 Å². The van der Waals surface area contributed by atoms with Gasteiger partial charge in [0.1, 0.15) is 0 Å². The van der Waals surface area contributed by atoms with Crippen LogP contribution in [0.1, 0.15) is 15.4 Å². The molecule has 0 saturated carbocycles. The number of anilines is 1. The summed E-state index contributed by atoms with van der Waals surface area (Å²) in [5, 5.41) is 3.68. The molecular formula is C9H14N2O3S2. The number of ether oxygens (including phenoxy) is 1. The molecule has 0 aliphatic heterocycles. The topological polar surface area (TPSA) is 68.3 Å². The van der Waals surface area contributed by atoms with Crippen molar-refractivity contribution in [2.45, 2.75) is 6.92 Å². The first-order valence-electron chi connectivity index (χ1n) is 4.64. The number of nitrogens with zero attached hydrogens (tertiary/aromatic N) is 1. The van der Waals surface area contributed by atoms with Gasteiger partial charge in [0.05, 0.1) is 7.11 Å². The number of nitrogens with one attached hydrogen (secondary N) is 1. The van der Waals surface area contributed by atoms with Gasteiger partial charge in [0.25, 0.3) is 0 Å². The summed E-state index contributed by atoms with van der Waals surface area (Å²) < 4.78 is 15.4. The summed E-state index contributed by atoms with van der Waals surface area (Å²) in [7, 11) is 0.502. The van der Waals surface area contributed by atoms with E-state index in [1.54, 1.807) is 6.26 Å². The van der Waals surface area contributed by atoms with Crippen LogP contribution in [0, 0.1) is 6.92 Å². The molecule has 16 heavy (non-hydrogen) atoms. The Morgan fingerprint density at radius 1 is 1.62 bits per heavy atom. The number of carbonyl (C=O) groups excluding carboxylic acids is 1. The van der Waals surface area contributed by atoms with Crippen LogP contribution in [0.3, 0.4) is 0 Å². The van der Waals surface area contributed by atoms with Crippen molar-refractivity contribution in [2.24, 2.45) is 0 Å². The fraction of sp³-hybridized carbons (Fsp3) is 0.556. The fourth-order valence-electron chi connectivity index (χ4n) is 1.06. The average molecular weight is 262 g/mol.